The third kappa shape index (κ3) is 3.29. The third-order valence-corrected chi connectivity index (χ3v) is 2.94. The van der Waals surface area contributed by atoms with Gasteiger partial charge in [-0.1, -0.05) is 30.3 Å². The Kier molecular flexibility index (Phi) is 4.25. The summed E-state index contributed by atoms with van der Waals surface area (Å²) in [6, 6.07) is 14.8. The zero-order valence-corrected chi connectivity index (χ0v) is 11.7. The van der Waals surface area contributed by atoms with Crippen LogP contribution in [-0.4, -0.2) is 20.1 Å². The standard InChI is InChI=1S/C16H18N2O2/c1-18(2)15-9-8-13(17)10-14(15)16(19)20-11-12-6-4-3-5-7-12/h3-10H,11,17H2,1-2H3. The van der Waals surface area contributed by atoms with Gasteiger partial charge in [-0.25, -0.2) is 4.79 Å². The predicted molar refractivity (Wildman–Crippen MR) is 80.7 cm³/mol. The number of hydrogen-bond donors (Lipinski definition) is 1. The van der Waals surface area contributed by atoms with E-state index in [1.807, 2.05) is 55.4 Å². The Morgan fingerprint density at radius 1 is 1.15 bits per heavy atom. The van der Waals surface area contributed by atoms with Gasteiger partial charge in [-0.3, -0.25) is 0 Å². The summed E-state index contributed by atoms with van der Waals surface area (Å²) in [6.45, 7) is 0.251. The highest BCUT2D eigenvalue weighted by molar-refractivity contribution is 5.96. The highest BCUT2D eigenvalue weighted by atomic mass is 16.5. The molecular formula is C16H18N2O2. The number of ether oxygens (including phenoxy) is 1. The molecule has 2 aromatic rings. The van der Waals surface area contributed by atoms with Gasteiger partial charge < -0.3 is 15.4 Å². The maximum absolute atomic E-state index is 12.2. The predicted octanol–water partition coefficient (Wildman–Crippen LogP) is 2.69. The lowest BCUT2D eigenvalue weighted by atomic mass is 10.1. The largest absolute Gasteiger partial charge is 0.457 e. The number of nitrogens with zero attached hydrogens (tertiary/aromatic N) is 1. The highest BCUT2D eigenvalue weighted by Crippen LogP contribution is 2.22. The van der Waals surface area contributed by atoms with Crippen LogP contribution in [0.15, 0.2) is 48.5 Å². The lowest BCUT2D eigenvalue weighted by molar-refractivity contribution is 0.0473. The van der Waals surface area contributed by atoms with Crippen molar-refractivity contribution in [3.05, 3.63) is 59.7 Å². The van der Waals surface area contributed by atoms with E-state index in [4.69, 9.17) is 10.5 Å². The number of carbonyl (C=O) groups is 1. The molecule has 0 atom stereocenters. The van der Waals surface area contributed by atoms with E-state index < -0.39 is 0 Å². The zero-order chi connectivity index (χ0) is 14.5. The number of esters is 1. The molecule has 104 valence electrons. The van der Waals surface area contributed by atoms with Crippen LogP contribution in [0.3, 0.4) is 0 Å². The normalized spacial score (nSPS) is 10.1. The van der Waals surface area contributed by atoms with E-state index in [2.05, 4.69) is 0 Å². The van der Waals surface area contributed by atoms with E-state index in [0.29, 0.717) is 11.3 Å². The second-order valence-corrected chi connectivity index (χ2v) is 4.73. The van der Waals surface area contributed by atoms with E-state index >= 15 is 0 Å². The number of nitrogen functional groups attached to an aromatic ring is 1. The molecular weight excluding hydrogens is 252 g/mol. The van der Waals surface area contributed by atoms with Gasteiger partial charge in [0.25, 0.3) is 0 Å². The molecule has 0 spiro atoms. The van der Waals surface area contributed by atoms with Gasteiger partial charge in [-0.2, -0.15) is 0 Å². The fourth-order valence-electron chi connectivity index (χ4n) is 1.91. The van der Waals surface area contributed by atoms with Crippen molar-refractivity contribution in [1.82, 2.24) is 0 Å². The van der Waals surface area contributed by atoms with E-state index in [1.165, 1.54) is 0 Å². The first-order valence-electron chi connectivity index (χ1n) is 6.36. The molecule has 0 saturated heterocycles. The lowest BCUT2D eigenvalue weighted by Crippen LogP contribution is -2.15. The van der Waals surface area contributed by atoms with Crippen LogP contribution < -0.4 is 10.6 Å². The van der Waals surface area contributed by atoms with E-state index in [0.717, 1.165) is 11.3 Å². The molecule has 0 aliphatic rings. The maximum Gasteiger partial charge on any atom is 0.340 e. The molecule has 0 fully saturated rings. The Bertz CT molecular complexity index is 595. The number of hydrogen-bond acceptors (Lipinski definition) is 4. The van der Waals surface area contributed by atoms with Gasteiger partial charge in [0.2, 0.25) is 0 Å². The Balaban J connectivity index is 2.15. The SMILES string of the molecule is CN(C)c1ccc(N)cc1C(=O)OCc1ccccc1. The minimum atomic E-state index is -0.371. The van der Waals surface area contributed by atoms with Crippen LogP contribution >= 0.6 is 0 Å². The van der Waals surface area contributed by atoms with Crippen molar-refractivity contribution in [2.75, 3.05) is 24.7 Å². The summed E-state index contributed by atoms with van der Waals surface area (Å²) in [5, 5.41) is 0. The Labute approximate surface area is 118 Å². The van der Waals surface area contributed by atoms with E-state index in [-0.39, 0.29) is 12.6 Å². The quantitative estimate of drug-likeness (QED) is 0.685. The van der Waals surface area contributed by atoms with Crippen molar-refractivity contribution < 1.29 is 9.53 Å². The van der Waals surface area contributed by atoms with Crippen LogP contribution in [0.4, 0.5) is 11.4 Å². The van der Waals surface area contributed by atoms with E-state index in [9.17, 15) is 4.79 Å². The van der Waals surface area contributed by atoms with Gasteiger partial charge in [-0.05, 0) is 23.8 Å². The van der Waals surface area contributed by atoms with Crippen molar-refractivity contribution in [3.63, 3.8) is 0 Å². The molecule has 0 amide bonds. The van der Waals surface area contributed by atoms with Crippen molar-refractivity contribution >= 4 is 17.3 Å². The van der Waals surface area contributed by atoms with Crippen molar-refractivity contribution in [1.29, 1.82) is 0 Å². The second-order valence-electron chi connectivity index (χ2n) is 4.73. The average molecular weight is 270 g/mol. The summed E-state index contributed by atoms with van der Waals surface area (Å²) in [4.78, 5) is 14.1. The van der Waals surface area contributed by atoms with Crippen LogP contribution in [0.1, 0.15) is 15.9 Å². The fraction of sp³-hybridized carbons (Fsp3) is 0.188. The van der Waals surface area contributed by atoms with Gasteiger partial charge in [0.1, 0.15) is 6.61 Å². The summed E-state index contributed by atoms with van der Waals surface area (Å²) in [5.74, 6) is -0.371. The molecule has 4 heteroatoms. The van der Waals surface area contributed by atoms with Crippen LogP contribution in [0.5, 0.6) is 0 Å². The number of benzene rings is 2. The molecule has 0 bridgehead atoms. The Morgan fingerprint density at radius 3 is 2.50 bits per heavy atom. The van der Waals surface area contributed by atoms with Crippen LogP contribution in [-0.2, 0) is 11.3 Å². The number of rotatable bonds is 4. The lowest BCUT2D eigenvalue weighted by Gasteiger charge is -2.17. The molecule has 0 unspecified atom stereocenters. The van der Waals surface area contributed by atoms with Crippen LogP contribution in [0, 0.1) is 0 Å². The maximum atomic E-state index is 12.2. The molecule has 4 nitrogen and oxygen atoms in total. The minimum Gasteiger partial charge on any atom is -0.457 e. The first-order chi connectivity index (χ1) is 9.58. The van der Waals surface area contributed by atoms with Crippen molar-refractivity contribution in [3.8, 4) is 0 Å². The van der Waals surface area contributed by atoms with Gasteiger partial charge in [0.05, 0.1) is 11.3 Å². The highest BCUT2D eigenvalue weighted by Gasteiger charge is 2.14. The summed E-state index contributed by atoms with van der Waals surface area (Å²) >= 11 is 0. The van der Waals surface area contributed by atoms with Crippen molar-refractivity contribution in [2.24, 2.45) is 0 Å². The second kappa shape index (κ2) is 6.10. The van der Waals surface area contributed by atoms with Crippen LogP contribution in [0.25, 0.3) is 0 Å². The monoisotopic (exact) mass is 270 g/mol. The molecule has 0 aliphatic heterocycles. The van der Waals surface area contributed by atoms with Gasteiger partial charge in [0.15, 0.2) is 0 Å². The molecule has 20 heavy (non-hydrogen) atoms. The summed E-state index contributed by atoms with van der Waals surface area (Å²) in [6.07, 6.45) is 0. The fourth-order valence-corrected chi connectivity index (χ4v) is 1.91. The van der Waals surface area contributed by atoms with Gasteiger partial charge in [-0.15, -0.1) is 0 Å². The molecule has 0 radical (unpaired) electrons. The zero-order valence-electron chi connectivity index (χ0n) is 11.7. The molecule has 0 aromatic heterocycles. The topological polar surface area (TPSA) is 55.6 Å². The smallest absolute Gasteiger partial charge is 0.340 e. The molecule has 2 aromatic carbocycles. The number of nitrogens with two attached hydrogens (primary N) is 1. The van der Waals surface area contributed by atoms with Gasteiger partial charge in [0, 0.05) is 19.8 Å². The van der Waals surface area contributed by atoms with Crippen molar-refractivity contribution in [2.45, 2.75) is 6.61 Å². The number of carbonyl (C=O) groups excluding carboxylic acids is 1. The first kappa shape index (κ1) is 13.9. The van der Waals surface area contributed by atoms with Gasteiger partial charge >= 0.3 is 5.97 Å². The molecule has 0 heterocycles. The summed E-state index contributed by atoms with van der Waals surface area (Å²) in [5.41, 5.74) is 8.51. The average Bonchev–Trinajstić information content (AvgIpc) is 2.45. The Morgan fingerprint density at radius 2 is 1.85 bits per heavy atom. The first-order valence-corrected chi connectivity index (χ1v) is 6.36. The molecule has 0 saturated carbocycles. The van der Waals surface area contributed by atoms with E-state index in [1.54, 1.807) is 12.1 Å². The molecule has 0 aliphatic carbocycles. The summed E-state index contributed by atoms with van der Waals surface area (Å²) in [7, 11) is 3.75. The third-order valence-electron chi connectivity index (χ3n) is 2.94. The Hall–Kier alpha value is -2.49. The van der Waals surface area contributed by atoms with Crippen LogP contribution in [0.2, 0.25) is 0 Å². The summed E-state index contributed by atoms with van der Waals surface area (Å²) < 4.78 is 5.34. The molecule has 2 N–H and O–H groups in total. The number of anilines is 2. The minimum absolute atomic E-state index is 0.251. The molecule has 2 rings (SSSR count).